The van der Waals surface area contributed by atoms with Crippen molar-refractivity contribution < 1.29 is 68.2 Å². The molecule has 0 aromatic carbocycles. The Labute approximate surface area is 359 Å². The highest BCUT2D eigenvalue weighted by Gasteiger charge is 2.51. The summed E-state index contributed by atoms with van der Waals surface area (Å²) in [6.45, 7) is 2.96. The molecule has 3 unspecified atom stereocenters. The highest BCUT2D eigenvalue weighted by molar-refractivity contribution is 7.47. The number of carbonyl (C=O) groups is 2. The van der Waals surface area contributed by atoms with Crippen LogP contribution in [-0.4, -0.2) is 110 Å². The molecule has 14 nitrogen and oxygen atoms in total. The average molecular weight is 875 g/mol. The lowest BCUT2D eigenvalue weighted by Crippen LogP contribution is -2.64. The topological polar surface area (TPSA) is 230 Å². The largest absolute Gasteiger partial charge is 0.472 e. The Kier molecular flexibility index (Phi) is 32.8. The Hall–Kier alpha value is -2.23. The van der Waals surface area contributed by atoms with E-state index >= 15 is 0 Å². The van der Waals surface area contributed by atoms with Crippen LogP contribution in [0.4, 0.5) is 0 Å². The second-order valence-corrected chi connectivity index (χ2v) is 17.1. The predicted octanol–water partition coefficient (Wildman–Crippen LogP) is 7.36. The predicted molar refractivity (Wildman–Crippen MR) is 232 cm³/mol. The summed E-state index contributed by atoms with van der Waals surface area (Å²) in [6.07, 6.45) is 24.0. The summed E-state index contributed by atoms with van der Waals surface area (Å²) in [5.74, 6) is -1.18. The summed E-state index contributed by atoms with van der Waals surface area (Å²) < 4.78 is 33.4. The third-order valence-electron chi connectivity index (χ3n) is 10.3. The molecule has 0 aromatic heterocycles. The van der Waals surface area contributed by atoms with Gasteiger partial charge in [0.1, 0.15) is 43.2 Å². The lowest BCUT2D eigenvalue weighted by atomic mass is 9.85. The zero-order valence-electron chi connectivity index (χ0n) is 36.4. The van der Waals surface area contributed by atoms with Gasteiger partial charge in [0.15, 0.2) is 6.10 Å². The maximum absolute atomic E-state index is 12.8. The number of hydrogen-bond donors (Lipinski definition) is 7. The van der Waals surface area contributed by atoms with Gasteiger partial charge in [-0.1, -0.05) is 140 Å². The van der Waals surface area contributed by atoms with Crippen molar-refractivity contribution in [1.82, 2.24) is 0 Å². The molecule has 0 heterocycles. The molecule has 0 spiro atoms. The van der Waals surface area contributed by atoms with Crippen LogP contribution in [0.25, 0.3) is 0 Å². The first-order valence-corrected chi connectivity index (χ1v) is 24.0. The van der Waals surface area contributed by atoms with Gasteiger partial charge in [-0.05, 0) is 57.8 Å². The Balaban J connectivity index is 2.52. The van der Waals surface area contributed by atoms with Crippen LogP contribution in [0.15, 0.2) is 48.6 Å². The van der Waals surface area contributed by atoms with Gasteiger partial charge in [0.05, 0.1) is 12.7 Å². The summed E-state index contributed by atoms with van der Waals surface area (Å²) in [7, 11) is -5.14. The summed E-state index contributed by atoms with van der Waals surface area (Å²) >= 11 is 0. The van der Waals surface area contributed by atoms with E-state index in [0.717, 1.165) is 57.8 Å². The zero-order valence-corrected chi connectivity index (χ0v) is 37.2. The Morgan fingerprint density at radius 3 is 1.55 bits per heavy atom. The van der Waals surface area contributed by atoms with Crippen molar-refractivity contribution >= 4 is 19.8 Å². The molecule has 7 N–H and O–H groups in total. The summed E-state index contributed by atoms with van der Waals surface area (Å²) in [5.41, 5.74) is 0. The first-order valence-electron chi connectivity index (χ1n) is 22.5. The van der Waals surface area contributed by atoms with E-state index in [0.29, 0.717) is 19.3 Å². The van der Waals surface area contributed by atoms with E-state index in [1.54, 1.807) is 0 Å². The van der Waals surface area contributed by atoms with E-state index in [2.05, 4.69) is 43.4 Å². The molecule has 348 valence electrons. The molecular formula is C45H79O14P. The van der Waals surface area contributed by atoms with E-state index in [4.69, 9.17) is 18.5 Å². The SMILES string of the molecule is CCCCCCCCCCCCCCCC(=O)OC[C@H](COP(=O)(O)OC1[C@H](O)[C@H](O)C(O)[C@H](O)[C@H]1O)OC(=O)CCC/C=C\C/C=C\C/C=C\C/C=C\CC[C@H](O)CC. The van der Waals surface area contributed by atoms with Crippen LogP contribution < -0.4 is 0 Å². The molecule has 15 heteroatoms. The number of phosphoric acid groups is 1. The van der Waals surface area contributed by atoms with Gasteiger partial charge in [0, 0.05) is 12.8 Å². The van der Waals surface area contributed by atoms with Crippen LogP contribution in [-0.2, 0) is 32.7 Å². The van der Waals surface area contributed by atoms with E-state index in [9.17, 15) is 49.7 Å². The van der Waals surface area contributed by atoms with Crippen molar-refractivity contribution in [3.63, 3.8) is 0 Å². The first-order chi connectivity index (χ1) is 28.8. The molecule has 0 radical (unpaired) electrons. The molecule has 0 aliphatic heterocycles. The standard InChI is InChI=1S/C45H79O14P/c1-3-5-6-7-8-9-10-13-17-20-23-26-29-32-38(47)56-34-37(35-57-60(54,55)59-45-43(52)41(50)40(49)42(51)44(45)53)58-39(48)33-30-27-24-21-18-15-12-11-14-16-19-22-25-28-31-36(46)4-2/h12,14-16,21-22,24-25,36-37,40-46,49-53H,3-11,13,17-20,23,26-35H2,1-2H3,(H,54,55)/b15-12-,16-14-,24-21-,25-22-/t36-,37-,40?,41-,42+,43-,44-,45?/m1/s1. The van der Waals surface area contributed by atoms with Crippen LogP contribution in [0.3, 0.4) is 0 Å². The molecule has 0 saturated heterocycles. The van der Waals surface area contributed by atoms with Crippen molar-refractivity contribution in [1.29, 1.82) is 0 Å². The fourth-order valence-corrected chi connectivity index (χ4v) is 7.47. The minimum absolute atomic E-state index is 0.00780. The number of aliphatic hydroxyl groups is 6. The van der Waals surface area contributed by atoms with Crippen LogP contribution in [0.2, 0.25) is 0 Å². The van der Waals surface area contributed by atoms with E-state index in [1.807, 2.05) is 19.1 Å². The van der Waals surface area contributed by atoms with Crippen molar-refractivity contribution in [3.8, 4) is 0 Å². The number of esters is 2. The van der Waals surface area contributed by atoms with Gasteiger partial charge >= 0.3 is 19.8 Å². The smallest absolute Gasteiger partial charge is 0.462 e. The average Bonchev–Trinajstić information content (AvgIpc) is 3.23. The highest BCUT2D eigenvalue weighted by Crippen LogP contribution is 2.47. The van der Waals surface area contributed by atoms with Crippen molar-refractivity contribution in [2.24, 2.45) is 0 Å². The van der Waals surface area contributed by atoms with Crippen molar-refractivity contribution in [3.05, 3.63) is 48.6 Å². The van der Waals surface area contributed by atoms with Gasteiger partial charge in [-0.3, -0.25) is 18.6 Å². The Morgan fingerprint density at radius 1 is 0.583 bits per heavy atom. The van der Waals surface area contributed by atoms with Crippen LogP contribution in [0, 0.1) is 0 Å². The molecule has 0 aromatic rings. The number of unbranched alkanes of at least 4 members (excludes halogenated alkanes) is 13. The monoisotopic (exact) mass is 875 g/mol. The molecule has 1 fully saturated rings. The number of rotatable bonds is 36. The van der Waals surface area contributed by atoms with Crippen LogP contribution in [0.1, 0.15) is 162 Å². The maximum Gasteiger partial charge on any atom is 0.472 e. The van der Waals surface area contributed by atoms with Crippen LogP contribution >= 0.6 is 7.82 Å². The summed E-state index contributed by atoms with van der Waals surface area (Å²) in [5, 5.41) is 59.6. The highest BCUT2D eigenvalue weighted by atomic mass is 31.2. The zero-order chi connectivity index (χ0) is 44.4. The second kappa shape index (κ2) is 35.3. The lowest BCUT2D eigenvalue weighted by molar-refractivity contribution is -0.220. The Morgan fingerprint density at radius 2 is 1.03 bits per heavy atom. The number of hydrogen-bond acceptors (Lipinski definition) is 13. The quantitative estimate of drug-likeness (QED) is 0.0141. The van der Waals surface area contributed by atoms with Crippen molar-refractivity contribution in [2.75, 3.05) is 13.2 Å². The minimum atomic E-state index is -5.14. The fraction of sp³-hybridized carbons (Fsp3) is 0.778. The van der Waals surface area contributed by atoms with E-state index < -0.39 is 75.7 Å². The third-order valence-corrected chi connectivity index (χ3v) is 11.3. The van der Waals surface area contributed by atoms with E-state index in [-0.39, 0.29) is 18.9 Å². The van der Waals surface area contributed by atoms with Gasteiger partial charge in [0.2, 0.25) is 0 Å². The van der Waals surface area contributed by atoms with Gasteiger partial charge < -0.3 is 45.0 Å². The second-order valence-electron chi connectivity index (χ2n) is 15.7. The molecule has 1 aliphatic rings. The number of phosphoric ester groups is 1. The molecule has 9 atom stereocenters. The maximum atomic E-state index is 12.8. The molecule has 1 saturated carbocycles. The van der Waals surface area contributed by atoms with Gasteiger partial charge in [-0.25, -0.2) is 4.57 Å². The van der Waals surface area contributed by atoms with Gasteiger partial charge in [-0.15, -0.1) is 0 Å². The number of ether oxygens (including phenoxy) is 2. The summed E-state index contributed by atoms with van der Waals surface area (Å²) in [6, 6.07) is 0. The molecule has 0 amide bonds. The first kappa shape index (κ1) is 55.8. The van der Waals surface area contributed by atoms with Gasteiger partial charge in [0.25, 0.3) is 0 Å². The lowest BCUT2D eigenvalue weighted by Gasteiger charge is -2.41. The van der Waals surface area contributed by atoms with Crippen molar-refractivity contribution in [2.45, 2.75) is 210 Å². The Bertz CT molecular complexity index is 1260. The van der Waals surface area contributed by atoms with Crippen LogP contribution in [0.5, 0.6) is 0 Å². The minimum Gasteiger partial charge on any atom is -0.462 e. The summed E-state index contributed by atoms with van der Waals surface area (Å²) in [4.78, 5) is 35.6. The molecule has 0 bridgehead atoms. The number of carbonyl (C=O) groups excluding carboxylic acids is 2. The molecule has 1 rings (SSSR count). The molecule has 60 heavy (non-hydrogen) atoms. The molecular weight excluding hydrogens is 795 g/mol. The third kappa shape index (κ3) is 27.7. The van der Waals surface area contributed by atoms with Gasteiger partial charge in [-0.2, -0.15) is 0 Å². The fourth-order valence-electron chi connectivity index (χ4n) is 6.49. The number of allylic oxidation sites excluding steroid dienone is 8. The normalized spacial score (nSPS) is 23.1. The number of aliphatic hydroxyl groups excluding tert-OH is 6. The molecule has 1 aliphatic carbocycles. The van der Waals surface area contributed by atoms with E-state index in [1.165, 1.54) is 57.8 Å².